The minimum Gasteiger partial charge on any atom is -0.490 e. The molecule has 2 aromatic carbocycles. The molecule has 0 radical (unpaired) electrons. The highest BCUT2D eigenvalue weighted by atomic mass is 16.5. The molecule has 0 amide bonds. The summed E-state index contributed by atoms with van der Waals surface area (Å²) in [5.74, 6) is 2.45. The molecule has 0 fully saturated rings. The smallest absolute Gasteiger partial charge is 0.191 e. The summed E-state index contributed by atoms with van der Waals surface area (Å²) >= 11 is 0. The van der Waals surface area contributed by atoms with Gasteiger partial charge in [-0.25, -0.2) is 4.99 Å². The number of aliphatic imine (C=N–C) groups is 1. The Morgan fingerprint density at radius 3 is 2.83 bits per heavy atom. The Morgan fingerprint density at radius 2 is 1.93 bits per heavy atom. The molecular weight excluding hydrogens is 364 g/mol. The van der Waals surface area contributed by atoms with E-state index >= 15 is 0 Å². The number of hydrogen-bond acceptors (Lipinski definition) is 3. The van der Waals surface area contributed by atoms with Gasteiger partial charge < -0.3 is 25.1 Å². The van der Waals surface area contributed by atoms with Gasteiger partial charge >= 0.3 is 0 Å². The first-order valence-electron chi connectivity index (χ1n) is 10.3. The summed E-state index contributed by atoms with van der Waals surface area (Å²) in [6.45, 7) is 5.69. The summed E-state index contributed by atoms with van der Waals surface area (Å²) in [5.41, 5.74) is 3.59. The summed E-state index contributed by atoms with van der Waals surface area (Å²) in [7, 11) is 0. The van der Waals surface area contributed by atoms with Gasteiger partial charge in [0.25, 0.3) is 0 Å². The van der Waals surface area contributed by atoms with E-state index in [1.54, 1.807) is 0 Å². The fourth-order valence-electron chi connectivity index (χ4n) is 3.47. The highest BCUT2D eigenvalue weighted by Gasteiger charge is 2.10. The topological polar surface area (TPSA) is 70.7 Å². The number of aromatic nitrogens is 1. The number of nitrogens with zero attached hydrogens (tertiary/aromatic N) is 1. The number of hydrogen-bond donors (Lipinski definition) is 3. The molecule has 1 aliphatic rings. The van der Waals surface area contributed by atoms with E-state index in [2.05, 4.69) is 53.0 Å². The molecule has 2 heterocycles. The van der Waals surface area contributed by atoms with Crippen LogP contribution in [0, 0.1) is 0 Å². The van der Waals surface area contributed by atoms with Crippen molar-refractivity contribution < 1.29 is 9.47 Å². The first-order valence-corrected chi connectivity index (χ1v) is 10.3. The van der Waals surface area contributed by atoms with Crippen molar-refractivity contribution >= 4 is 16.9 Å². The minimum atomic E-state index is 0.582. The van der Waals surface area contributed by atoms with E-state index in [9.17, 15) is 0 Å². The predicted octanol–water partition coefficient (Wildman–Crippen LogP) is 3.63. The molecule has 6 heteroatoms. The predicted molar refractivity (Wildman–Crippen MR) is 117 cm³/mol. The molecule has 4 rings (SSSR count). The zero-order chi connectivity index (χ0) is 19.9. The number of para-hydroxylation sites is 1. The van der Waals surface area contributed by atoms with Crippen molar-refractivity contribution in [3.05, 3.63) is 59.8 Å². The molecule has 0 saturated carbocycles. The number of benzene rings is 2. The number of aromatic amines is 1. The Balaban J connectivity index is 1.37. The normalized spacial score (nSPS) is 13.9. The second-order valence-electron chi connectivity index (χ2n) is 7.06. The van der Waals surface area contributed by atoms with Crippen molar-refractivity contribution in [1.82, 2.24) is 15.6 Å². The molecule has 152 valence electrons. The fraction of sp³-hybridized carbons (Fsp3) is 0.348. The molecule has 0 spiro atoms. The van der Waals surface area contributed by atoms with Crippen LogP contribution in [0.3, 0.4) is 0 Å². The Hall–Kier alpha value is -3.15. The van der Waals surface area contributed by atoms with Crippen molar-refractivity contribution in [2.75, 3.05) is 26.3 Å². The Kier molecular flexibility index (Phi) is 6.19. The summed E-state index contributed by atoms with van der Waals surface area (Å²) in [6.07, 6.45) is 3.93. The first kappa shape index (κ1) is 19.2. The van der Waals surface area contributed by atoms with Crippen LogP contribution in [0.25, 0.3) is 10.9 Å². The van der Waals surface area contributed by atoms with Gasteiger partial charge in [0.15, 0.2) is 17.5 Å². The maximum Gasteiger partial charge on any atom is 0.191 e. The molecule has 0 bridgehead atoms. The van der Waals surface area contributed by atoms with Crippen molar-refractivity contribution in [1.29, 1.82) is 0 Å². The number of guanidine groups is 1. The Morgan fingerprint density at radius 1 is 1.07 bits per heavy atom. The van der Waals surface area contributed by atoms with E-state index in [1.807, 2.05) is 18.2 Å². The van der Waals surface area contributed by atoms with Crippen LogP contribution in [0.1, 0.15) is 24.5 Å². The fourth-order valence-corrected chi connectivity index (χ4v) is 3.47. The number of rotatable bonds is 6. The monoisotopic (exact) mass is 392 g/mol. The average molecular weight is 393 g/mol. The van der Waals surface area contributed by atoms with Gasteiger partial charge in [0.1, 0.15) is 0 Å². The van der Waals surface area contributed by atoms with Crippen LogP contribution in [0.15, 0.2) is 53.7 Å². The van der Waals surface area contributed by atoms with E-state index in [0.717, 1.165) is 49.0 Å². The second-order valence-corrected chi connectivity index (χ2v) is 7.06. The molecule has 0 unspecified atom stereocenters. The van der Waals surface area contributed by atoms with Crippen LogP contribution >= 0.6 is 0 Å². The maximum absolute atomic E-state index is 5.78. The molecule has 0 atom stereocenters. The highest BCUT2D eigenvalue weighted by molar-refractivity contribution is 5.83. The Bertz CT molecular complexity index is 980. The second kappa shape index (κ2) is 9.37. The third-order valence-electron chi connectivity index (χ3n) is 4.94. The zero-order valence-corrected chi connectivity index (χ0v) is 16.8. The highest BCUT2D eigenvalue weighted by Crippen LogP contribution is 2.30. The van der Waals surface area contributed by atoms with Crippen LogP contribution in [-0.4, -0.2) is 37.2 Å². The number of ether oxygens (including phenoxy) is 2. The van der Waals surface area contributed by atoms with Crippen LogP contribution in [0.5, 0.6) is 11.5 Å². The van der Waals surface area contributed by atoms with Gasteiger partial charge in [0.2, 0.25) is 0 Å². The number of nitrogens with one attached hydrogen (secondary N) is 3. The lowest BCUT2D eigenvalue weighted by atomic mass is 10.1. The largest absolute Gasteiger partial charge is 0.490 e. The van der Waals surface area contributed by atoms with Gasteiger partial charge in [-0.15, -0.1) is 0 Å². The molecular formula is C23H28N4O2. The van der Waals surface area contributed by atoms with Crippen molar-refractivity contribution in [2.24, 2.45) is 4.99 Å². The van der Waals surface area contributed by atoms with Crippen molar-refractivity contribution in [3.8, 4) is 11.5 Å². The standard InChI is InChI=1S/C23H28N4O2/c1-2-24-23(25-11-10-18-16-26-20-7-4-3-6-19(18)20)27-15-17-8-9-21-22(14-17)29-13-5-12-28-21/h3-4,6-9,14,16,26H,2,5,10-13,15H2,1H3,(H2,24,25,27). The van der Waals surface area contributed by atoms with Crippen LogP contribution < -0.4 is 20.1 Å². The molecule has 3 N–H and O–H groups in total. The van der Waals surface area contributed by atoms with Gasteiger partial charge in [-0.05, 0) is 42.7 Å². The van der Waals surface area contributed by atoms with Crippen LogP contribution in [-0.2, 0) is 13.0 Å². The third-order valence-corrected chi connectivity index (χ3v) is 4.94. The van der Waals surface area contributed by atoms with Crippen LogP contribution in [0.4, 0.5) is 0 Å². The molecule has 1 aliphatic heterocycles. The third kappa shape index (κ3) is 4.83. The van der Waals surface area contributed by atoms with Gasteiger partial charge in [-0.2, -0.15) is 0 Å². The van der Waals surface area contributed by atoms with Gasteiger partial charge in [-0.3, -0.25) is 0 Å². The quantitative estimate of drug-likeness (QED) is 0.443. The first-order chi connectivity index (χ1) is 14.3. The molecule has 0 aliphatic carbocycles. The zero-order valence-electron chi connectivity index (χ0n) is 16.8. The van der Waals surface area contributed by atoms with E-state index in [4.69, 9.17) is 14.5 Å². The SMILES string of the molecule is CCNC(=NCc1ccc2c(c1)OCCCO2)NCCc1c[nH]c2ccccc12. The van der Waals surface area contributed by atoms with Gasteiger partial charge in [0.05, 0.1) is 19.8 Å². The van der Waals surface area contributed by atoms with E-state index < -0.39 is 0 Å². The van der Waals surface area contributed by atoms with Gasteiger partial charge in [-0.1, -0.05) is 24.3 Å². The van der Waals surface area contributed by atoms with E-state index in [1.165, 1.54) is 16.5 Å². The van der Waals surface area contributed by atoms with E-state index in [0.29, 0.717) is 19.8 Å². The lowest BCUT2D eigenvalue weighted by molar-refractivity contribution is 0.297. The maximum atomic E-state index is 5.78. The molecule has 29 heavy (non-hydrogen) atoms. The van der Waals surface area contributed by atoms with Gasteiger partial charge in [0, 0.05) is 36.6 Å². The molecule has 1 aromatic heterocycles. The summed E-state index contributed by atoms with van der Waals surface area (Å²) in [5, 5.41) is 8.03. The Labute approximate surface area is 171 Å². The molecule has 6 nitrogen and oxygen atoms in total. The molecule has 0 saturated heterocycles. The van der Waals surface area contributed by atoms with E-state index in [-0.39, 0.29) is 0 Å². The lowest BCUT2D eigenvalue weighted by Crippen LogP contribution is -2.38. The lowest BCUT2D eigenvalue weighted by Gasteiger charge is -2.12. The number of fused-ring (bicyclic) bond motifs is 2. The van der Waals surface area contributed by atoms with Crippen molar-refractivity contribution in [3.63, 3.8) is 0 Å². The summed E-state index contributed by atoms with van der Waals surface area (Å²) in [4.78, 5) is 8.06. The van der Waals surface area contributed by atoms with Crippen LogP contribution in [0.2, 0.25) is 0 Å². The summed E-state index contributed by atoms with van der Waals surface area (Å²) < 4.78 is 11.5. The minimum absolute atomic E-state index is 0.582. The summed E-state index contributed by atoms with van der Waals surface area (Å²) in [6, 6.07) is 14.4. The average Bonchev–Trinajstić information content (AvgIpc) is 3.01. The van der Waals surface area contributed by atoms with Crippen molar-refractivity contribution in [2.45, 2.75) is 26.3 Å². The number of H-pyrrole nitrogens is 1. The molecule has 3 aromatic rings.